The molecule has 3 aromatic rings. The third kappa shape index (κ3) is 4.29. The number of carbonyl (C=O) groups excluding carboxylic acids is 1. The lowest BCUT2D eigenvalue weighted by Gasteiger charge is -2.38. The summed E-state index contributed by atoms with van der Waals surface area (Å²) in [5.74, 6) is 0.902. The summed E-state index contributed by atoms with van der Waals surface area (Å²) in [6.07, 6.45) is 6.92. The molecule has 2 aromatic heterocycles. The molecular weight excluding hydrogens is 366 g/mol. The minimum Gasteiger partial charge on any atom is -0.477 e. The minimum absolute atomic E-state index is 0.0102. The molecule has 1 aliphatic rings. The molecule has 0 N–H and O–H groups in total. The Hall–Kier alpha value is -3.22. The highest BCUT2D eigenvalue weighted by molar-refractivity contribution is 5.98. The highest BCUT2D eigenvalue weighted by atomic mass is 16.5. The molecule has 0 spiro atoms. The molecule has 0 saturated carbocycles. The number of pyridine rings is 1. The van der Waals surface area contributed by atoms with Crippen molar-refractivity contribution in [3.05, 3.63) is 66.1 Å². The molecule has 7 nitrogen and oxygen atoms in total. The first kappa shape index (κ1) is 19.1. The van der Waals surface area contributed by atoms with Crippen LogP contribution in [-0.2, 0) is 0 Å². The van der Waals surface area contributed by atoms with Crippen LogP contribution in [0, 0.1) is 12.8 Å². The van der Waals surface area contributed by atoms with E-state index in [2.05, 4.69) is 22.1 Å². The maximum absolute atomic E-state index is 13.5. The Morgan fingerprint density at radius 1 is 1.14 bits per heavy atom. The van der Waals surface area contributed by atoms with Gasteiger partial charge in [-0.15, -0.1) is 0 Å². The van der Waals surface area contributed by atoms with Crippen molar-refractivity contribution in [1.29, 1.82) is 0 Å². The summed E-state index contributed by atoms with van der Waals surface area (Å²) in [5, 5.41) is 8.42. The average Bonchev–Trinajstić information content (AvgIpc) is 3.28. The number of hydrogen-bond donors (Lipinski definition) is 0. The average molecular weight is 391 g/mol. The van der Waals surface area contributed by atoms with Crippen LogP contribution in [0.2, 0.25) is 0 Å². The number of hydrogen-bond acceptors (Lipinski definition) is 5. The van der Waals surface area contributed by atoms with Crippen LogP contribution in [0.25, 0.3) is 5.69 Å². The molecule has 1 aromatic carbocycles. The van der Waals surface area contributed by atoms with E-state index < -0.39 is 0 Å². The van der Waals surface area contributed by atoms with Gasteiger partial charge in [-0.1, -0.05) is 17.7 Å². The summed E-state index contributed by atoms with van der Waals surface area (Å²) in [4.78, 5) is 21.2. The van der Waals surface area contributed by atoms with Gasteiger partial charge in [0.1, 0.15) is 0 Å². The molecule has 1 fully saturated rings. The monoisotopic (exact) mass is 391 g/mol. The van der Waals surface area contributed by atoms with Gasteiger partial charge in [-0.3, -0.25) is 4.79 Å². The smallest absolute Gasteiger partial charge is 0.256 e. The maximum atomic E-state index is 13.5. The molecule has 1 aliphatic heterocycles. The summed E-state index contributed by atoms with van der Waals surface area (Å²) in [6.45, 7) is 5.30. The van der Waals surface area contributed by atoms with E-state index in [4.69, 9.17) is 4.74 Å². The lowest BCUT2D eigenvalue weighted by Crippen LogP contribution is -2.47. The van der Waals surface area contributed by atoms with Gasteiger partial charge in [-0.2, -0.15) is 15.0 Å². The fourth-order valence-electron chi connectivity index (χ4n) is 3.73. The number of aryl methyl sites for hydroxylation is 1. The molecule has 1 amide bonds. The lowest BCUT2D eigenvalue weighted by atomic mass is 9.93. The van der Waals surface area contributed by atoms with Crippen molar-refractivity contribution in [1.82, 2.24) is 24.9 Å². The van der Waals surface area contributed by atoms with Crippen LogP contribution in [0.4, 0.5) is 0 Å². The van der Waals surface area contributed by atoms with Crippen molar-refractivity contribution in [3.63, 3.8) is 0 Å². The SMILES string of the molecule is Cc1ccc(-n2nccn2)c(C(=O)N2CC(COc3ccccn3)CCC2C)c1. The van der Waals surface area contributed by atoms with Crippen molar-refractivity contribution >= 4 is 5.91 Å². The Labute approximate surface area is 170 Å². The highest BCUT2D eigenvalue weighted by Gasteiger charge is 2.31. The van der Waals surface area contributed by atoms with E-state index in [1.807, 2.05) is 48.2 Å². The van der Waals surface area contributed by atoms with Crippen molar-refractivity contribution in [2.24, 2.45) is 5.92 Å². The number of nitrogens with zero attached hydrogens (tertiary/aromatic N) is 5. The first-order valence-electron chi connectivity index (χ1n) is 9.94. The van der Waals surface area contributed by atoms with Crippen molar-refractivity contribution < 1.29 is 9.53 Å². The Morgan fingerprint density at radius 2 is 1.97 bits per heavy atom. The van der Waals surface area contributed by atoms with Crippen molar-refractivity contribution in [2.75, 3.05) is 13.2 Å². The van der Waals surface area contributed by atoms with Gasteiger partial charge in [0.15, 0.2) is 0 Å². The van der Waals surface area contributed by atoms with E-state index in [0.29, 0.717) is 30.3 Å². The number of aromatic nitrogens is 4. The van der Waals surface area contributed by atoms with Crippen LogP contribution in [0.15, 0.2) is 55.0 Å². The summed E-state index contributed by atoms with van der Waals surface area (Å²) in [5.41, 5.74) is 2.35. The van der Waals surface area contributed by atoms with Gasteiger partial charge in [0.2, 0.25) is 5.88 Å². The fraction of sp³-hybridized carbons (Fsp3) is 0.364. The van der Waals surface area contributed by atoms with E-state index >= 15 is 0 Å². The summed E-state index contributed by atoms with van der Waals surface area (Å²) in [6, 6.07) is 11.6. The summed E-state index contributed by atoms with van der Waals surface area (Å²) < 4.78 is 5.84. The zero-order valence-electron chi connectivity index (χ0n) is 16.7. The zero-order valence-corrected chi connectivity index (χ0v) is 16.7. The molecular formula is C22H25N5O2. The number of likely N-dealkylation sites (tertiary alicyclic amines) is 1. The topological polar surface area (TPSA) is 73.1 Å². The van der Waals surface area contributed by atoms with Crippen LogP contribution in [-0.4, -0.2) is 50.0 Å². The minimum atomic E-state index is 0.0102. The molecule has 0 radical (unpaired) electrons. The number of rotatable bonds is 5. The van der Waals surface area contributed by atoms with E-state index in [1.165, 1.54) is 4.80 Å². The first-order valence-corrected chi connectivity index (χ1v) is 9.94. The van der Waals surface area contributed by atoms with Crippen LogP contribution >= 0.6 is 0 Å². The van der Waals surface area contributed by atoms with E-state index in [1.54, 1.807) is 18.6 Å². The Bertz CT molecular complexity index is 959. The van der Waals surface area contributed by atoms with Crippen molar-refractivity contribution in [2.45, 2.75) is 32.7 Å². The van der Waals surface area contributed by atoms with Gasteiger partial charge in [0.05, 0.1) is 30.3 Å². The fourth-order valence-corrected chi connectivity index (χ4v) is 3.73. The number of amides is 1. The van der Waals surface area contributed by atoms with Gasteiger partial charge in [0, 0.05) is 30.8 Å². The predicted molar refractivity (Wildman–Crippen MR) is 109 cm³/mol. The standard InChI is InChI=1S/C22H25N5O2/c1-16-6-9-20(27-24-11-12-25-27)19(13-16)22(28)26-14-18(8-7-17(26)2)15-29-21-5-3-4-10-23-21/h3-6,9-13,17-18H,7-8,14-15H2,1-2H3. The van der Waals surface area contributed by atoms with Gasteiger partial charge < -0.3 is 9.64 Å². The second-order valence-electron chi connectivity index (χ2n) is 7.57. The molecule has 1 saturated heterocycles. The van der Waals surface area contributed by atoms with Gasteiger partial charge in [0.25, 0.3) is 5.91 Å². The maximum Gasteiger partial charge on any atom is 0.256 e. The van der Waals surface area contributed by atoms with Crippen LogP contribution < -0.4 is 4.74 Å². The predicted octanol–water partition coefficient (Wildman–Crippen LogP) is 3.29. The molecule has 0 bridgehead atoms. The van der Waals surface area contributed by atoms with Gasteiger partial charge >= 0.3 is 0 Å². The zero-order chi connectivity index (χ0) is 20.2. The molecule has 7 heteroatoms. The Balaban J connectivity index is 1.52. The molecule has 2 unspecified atom stereocenters. The molecule has 4 rings (SSSR count). The molecule has 29 heavy (non-hydrogen) atoms. The largest absolute Gasteiger partial charge is 0.477 e. The van der Waals surface area contributed by atoms with E-state index in [9.17, 15) is 4.79 Å². The molecule has 3 heterocycles. The first-order chi connectivity index (χ1) is 14.1. The van der Waals surface area contributed by atoms with Gasteiger partial charge in [-0.25, -0.2) is 4.98 Å². The number of piperidine rings is 1. The number of carbonyl (C=O) groups is 1. The Kier molecular flexibility index (Phi) is 5.55. The van der Waals surface area contributed by atoms with E-state index in [-0.39, 0.29) is 17.9 Å². The quantitative estimate of drug-likeness (QED) is 0.667. The van der Waals surface area contributed by atoms with Crippen LogP contribution in [0.3, 0.4) is 0 Å². The molecule has 150 valence electrons. The second kappa shape index (κ2) is 8.43. The third-order valence-electron chi connectivity index (χ3n) is 5.36. The van der Waals surface area contributed by atoms with E-state index in [0.717, 1.165) is 18.4 Å². The summed E-state index contributed by atoms with van der Waals surface area (Å²) in [7, 11) is 0. The Morgan fingerprint density at radius 3 is 2.72 bits per heavy atom. The van der Waals surface area contributed by atoms with Crippen LogP contribution in [0.1, 0.15) is 35.7 Å². The number of benzene rings is 1. The second-order valence-corrected chi connectivity index (χ2v) is 7.57. The molecule has 0 aliphatic carbocycles. The lowest BCUT2D eigenvalue weighted by molar-refractivity contribution is 0.0502. The number of ether oxygens (including phenoxy) is 1. The molecule has 2 atom stereocenters. The van der Waals surface area contributed by atoms with Gasteiger partial charge in [-0.05, 0) is 44.9 Å². The van der Waals surface area contributed by atoms with Crippen molar-refractivity contribution in [3.8, 4) is 11.6 Å². The normalized spacial score (nSPS) is 19.2. The summed E-state index contributed by atoms with van der Waals surface area (Å²) >= 11 is 0. The highest BCUT2D eigenvalue weighted by Crippen LogP contribution is 2.26. The third-order valence-corrected chi connectivity index (χ3v) is 5.36. The van der Waals surface area contributed by atoms with Crippen LogP contribution in [0.5, 0.6) is 5.88 Å².